The first-order chi connectivity index (χ1) is 56.6. The maximum absolute atomic E-state index is 14.2. The Kier molecular flexibility index (Phi) is 50.1. The minimum atomic E-state index is -0.826. The van der Waals surface area contributed by atoms with E-state index in [4.69, 9.17) is 0 Å². The number of likely N-dealkylation sites (tertiary alicyclic amines) is 2. The lowest BCUT2D eigenvalue weighted by molar-refractivity contribution is -0.144. The van der Waals surface area contributed by atoms with Crippen molar-refractivity contribution in [2.24, 2.45) is 58.7 Å². The molecule has 0 N–H and O–H groups in total. The van der Waals surface area contributed by atoms with Gasteiger partial charge in [-0.25, -0.2) is 0 Å². The van der Waals surface area contributed by atoms with E-state index in [-0.39, 0.29) is 77.8 Å². The van der Waals surface area contributed by atoms with Crippen LogP contribution in [0.15, 0.2) is 24.3 Å². The lowest BCUT2D eigenvalue weighted by Gasteiger charge is -2.44. The van der Waals surface area contributed by atoms with Gasteiger partial charge in [-0.3, -0.25) is 67.5 Å². The van der Waals surface area contributed by atoms with Crippen molar-refractivity contribution in [1.82, 2.24) is 29.4 Å². The smallest absolute Gasteiger partial charge is 0.253 e. The molecule has 2 saturated heterocycles. The number of rotatable bonds is 69. The van der Waals surface area contributed by atoms with Gasteiger partial charge >= 0.3 is 0 Å². The molecule has 4 heterocycles. The van der Waals surface area contributed by atoms with Crippen molar-refractivity contribution in [3.8, 4) is 0 Å². The normalized spacial score (nSPS) is 22.7. The Morgan fingerprint density at radius 3 is 0.863 bits per heavy atom. The molecule has 0 radical (unpaired) electrons. The van der Waals surface area contributed by atoms with Crippen LogP contribution in [0.2, 0.25) is 0 Å². The van der Waals surface area contributed by atoms with Gasteiger partial charge in [0.1, 0.15) is 12.1 Å². The van der Waals surface area contributed by atoms with Crippen molar-refractivity contribution in [2.45, 2.75) is 460 Å². The number of hydrogen-bond acceptors (Lipinski definition) is 10. The number of hydrogen-bond donors (Lipinski definition) is 0. The van der Waals surface area contributed by atoms with Crippen LogP contribution in [0.3, 0.4) is 0 Å². The van der Waals surface area contributed by atoms with Crippen LogP contribution in [0.1, 0.15) is 448 Å². The van der Waals surface area contributed by atoms with Crippen molar-refractivity contribution in [1.29, 1.82) is 0 Å². The quantitative estimate of drug-likeness (QED) is 0.0418. The molecule has 4 aliphatic heterocycles. The van der Waals surface area contributed by atoms with Gasteiger partial charge in [-0.2, -0.15) is 0 Å². The lowest BCUT2D eigenvalue weighted by Crippen LogP contribution is -2.48. The van der Waals surface area contributed by atoms with Crippen molar-refractivity contribution >= 4 is 59.1 Å². The van der Waals surface area contributed by atoms with Gasteiger partial charge in [0.2, 0.25) is 23.6 Å². The number of carbonyl (C=O) groups is 10. The molecule has 6 rings (SSSR count). The first-order valence-corrected chi connectivity index (χ1v) is 49.9. The minimum Gasteiger partial charge on any atom is -0.330 e. The van der Waals surface area contributed by atoms with E-state index >= 15 is 0 Å². The molecule has 0 bridgehead atoms. The molecule has 0 spiro atoms. The van der Waals surface area contributed by atoms with E-state index in [2.05, 4.69) is 48.5 Å². The second-order valence-corrected chi connectivity index (χ2v) is 39.0. The Balaban J connectivity index is 0.903. The minimum absolute atomic E-state index is 0.00136. The van der Waals surface area contributed by atoms with E-state index in [9.17, 15) is 47.9 Å². The Hall–Kier alpha value is -5.02. The van der Waals surface area contributed by atoms with Gasteiger partial charge in [-0.15, -0.1) is 0 Å². The topological polar surface area (TPSA) is 190 Å². The lowest BCUT2D eigenvalue weighted by atomic mass is 9.61. The molecule has 11 unspecified atom stereocenters. The van der Waals surface area contributed by atoms with E-state index in [1.807, 2.05) is 0 Å². The van der Waals surface area contributed by atoms with Crippen LogP contribution in [0.4, 0.5) is 0 Å². The molecule has 16 nitrogen and oxygen atoms in total. The fraction of sp³-hybridized carbons (Fsp3) is 0.861. The zero-order valence-corrected chi connectivity index (χ0v) is 76.6. The molecule has 0 aromatic heterocycles. The molecule has 2 saturated carbocycles. The average molecular weight is 1630 g/mol. The summed E-state index contributed by atoms with van der Waals surface area (Å²) in [6.45, 7) is 21.0. The maximum atomic E-state index is 14.2. The molecule has 11 atom stereocenters. The van der Waals surface area contributed by atoms with Crippen LogP contribution >= 0.6 is 0 Å². The summed E-state index contributed by atoms with van der Waals surface area (Å²) in [5.41, 5.74) is -0.430. The van der Waals surface area contributed by atoms with E-state index in [0.29, 0.717) is 52.1 Å². The predicted molar refractivity (Wildman–Crippen MR) is 478 cm³/mol. The first-order valence-electron chi connectivity index (χ1n) is 49.9. The number of imide groups is 4. The molecular formula is C101H174N6O10. The zero-order chi connectivity index (χ0) is 84.6. The van der Waals surface area contributed by atoms with Crippen LogP contribution in [0, 0.1) is 58.7 Å². The summed E-state index contributed by atoms with van der Waals surface area (Å²) in [6.07, 6.45) is 76.8. The SMILES string of the molecule is CCCCCCCCC1C(CCCCCC)CCC(CCCCCCCCN2C(=O)C=CC2=O)C1CCCCCCCCN1C(=O)CC(N(CCC(C)CC(C)(C)CN(C(C)=O)C2CC(=O)N(CCCCCCCCC3C(CCCCCCCCN4C(=O)C=CC4=O)CCC(CCCCCC)C3CCCCCCCC)C2=O)C(C)=O)C1=O. The molecule has 668 valence electrons. The highest BCUT2D eigenvalue weighted by Crippen LogP contribution is 2.50. The fourth-order valence-electron chi connectivity index (χ4n) is 22.3. The number of amides is 10. The highest BCUT2D eigenvalue weighted by molar-refractivity contribution is 6.13. The summed E-state index contributed by atoms with van der Waals surface area (Å²) in [6, 6.07) is -1.63. The third-order valence-electron chi connectivity index (χ3n) is 28.9. The molecule has 0 aromatic rings. The highest BCUT2D eigenvalue weighted by Gasteiger charge is 2.46. The van der Waals surface area contributed by atoms with E-state index in [0.717, 1.165) is 137 Å². The molecule has 10 amide bonds. The monoisotopic (exact) mass is 1630 g/mol. The first kappa shape index (κ1) is 101. The number of nitrogens with zero attached hydrogens (tertiary/aromatic N) is 6. The van der Waals surface area contributed by atoms with Crippen molar-refractivity contribution in [2.75, 3.05) is 39.3 Å². The molecule has 6 aliphatic rings. The van der Waals surface area contributed by atoms with Gasteiger partial charge in [0.15, 0.2) is 0 Å². The number of unbranched alkanes of at least 4 members (excludes halogenated alkanes) is 36. The summed E-state index contributed by atoms with van der Waals surface area (Å²) in [5.74, 6) is 4.59. The molecule has 117 heavy (non-hydrogen) atoms. The van der Waals surface area contributed by atoms with Crippen molar-refractivity contribution in [3.63, 3.8) is 0 Å². The van der Waals surface area contributed by atoms with Crippen LogP contribution in [-0.2, 0) is 47.9 Å². The molecule has 16 heteroatoms. The largest absolute Gasteiger partial charge is 0.330 e. The Labute approximate surface area is 714 Å². The molecule has 4 fully saturated rings. The Morgan fingerprint density at radius 1 is 0.342 bits per heavy atom. The van der Waals surface area contributed by atoms with Crippen LogP contribution in [0.25, 0.3) is 0 Å². The van der Waals surface area contributed by atoms with Gasteiger partial charge < -0.3 is 9.80 Å². The second kappa shape index (κ2) is 58.1. The summed E-state index contributed by atoms with van der Waals surface area (Å²) in [5, 5.41) is 0. The molecular weight excluding hydrogens is 1460 g/mol. The fourth-order valence-corrected chi connectivity index (χ4v) is 22.3. The third-order valence-corrected chi connectivity index (χ3v) is 28.9. The van der Waals surface area contributed by atoms with Gasteiger partial charge in [-0.05, 0) is 149 Å². The number of carbonyl (C=O) groups excluding carboxylic acids is 10. The zero-order valence-electron chi connectivity index (χ0n) is 76.6. The summed E-state index contributed by atoms with van der Waals surface area (Å²) < 4.78 is 0. The average Bonchev–Trinajstić information content (AvgIpc) is 1.77. The third kappa shape index (κ3) is 36.5. The van der Waals surface area contributed by atoms with Gasteiger partial charge in [0, 0.05) is 77.4 Å². The molecule has 0 aromatic carbocycles. The second-order valence-electron chi connectivity index (χ2n) is 39.0. The van der Waals surface area contributed by atoms with Gasteiger partial charge in [0.05, 0.1) is 12.8 Å². The van der Waals surface area contributed by atoms with Gasteiger partial charge in [-0.1, -0.05) is 331 Å². The van der Waals surface area contributed by atoms with Gasteiger partial charge in [0.25, 0.3) is 35.4 Å². The maximum Gasteiger partial charge on any atom is 0.253 e. The Morgan fingerprint density at radius 2 is 0.581 bits per heavy atom. The van der Waals surface area contributed by atoms with E-state index < -0.39 is 17.5 Å². The Bertz CT molecular complexity index is 2930. The standard InChI is InChI=1S/C101H174N6O10/c1-10-14-18-22-34-46-58-87-83(54-42-20-16-12-3)62-64-85(56-44-32-24-28-38-50-71-103-93(110)66-67-94(103)111)89(87)60-48-36-26-30-40-52-73-105-97(114)76-91(99(105)116)102(81(6)108)75-70-80(5)78-101(8,9)79-107(82(7)109)92-77-98(115)106(100(92)117)74-53-41-31-27-37-49-61-90-86(57-45-33-25-29-39-51-72-104-95(112)68-69-96(104)113)65-63-84(55-43-21-17-13-4)88(90)59-47-35-23-19-15-11-2/h66-69,80,83-92H,10-65,70-79H2,1-9H3. The van der Waals surface area contributed by atoms with Crippen molar-refractivity contribution < 1.29 is 47.9 Å². The van der Waals surface area contributed by atoms with E-state index in [1.165, 1.54) is 327 Å². The van der Waals surface area contributed by atoms with Crippen LogP contribution in [0.5, 0.6) is 0 Å². The van der Waals surface area contributed by atoms with Crippen molar-refractivity contribution in [3.05, 3.63) is 24.3 Å². The molecule has 2 aliphatic carbocycles. The highest BCUT2D eigenvalue weighted by atomic mass is 16.2. The predicted octanol–water partition coefficient (Wildman–Crippen LogP) is 24.1. The van der Waals surface area contributed by atoms with Crippen LogP contribution in [-0.4, -0.2) is 140 Å². The summed E-state index contributed by atoms with van der Waals surface area (Å²) >= 11 is 0. The van der Waals surface area contributed by atoms with E-state index in [1.54, 1.807) is 9.80 Å². The summed E-state index contributed by atoms with van der Waals surface area (Å²) in [4.78, 5) is 139. The summed E-state index contributed by atoms with van der Waals surface area (Å²) in [7, 11) is 0. The van der Waals surface area contributed by atoms with Crippen LogP contribution < -0.4 is 0 Å².